The summed E-state index contributed by atoms with van der Waals surface area (Å²) < 4.78 is 38.3. The van der Waals surface area contributed by atoms with E-state index in [0.717, 1.165) is 6.07 Å². The number of halogens is 3. The summed E-state index contributed by atoms with van der Waals surface area (Å²) in [6.07, 6.45) is 0. The Bertz CT molecular complexity index is 315. The Balaban J connectivity index is 3.20. The molecule has 72 valence electrons. The van der Waals surface area contributed by atoms with Crippen LogP contribution < -0.4 is 11.3 Å². The number of nitrogens with two attached hydrogens (primary N) is 1. The number of nitrogens with one attached hydrogen (secondary N) is 1. The standard InChI is InChI=1S/C8H9F3N2/c1-4(13-12)6-2-5(9)3-7(10)8(6)11/h2-4,13H,12H2,1H3/t4-/m1/s1. The fraction of sp³-hybridized carbons (Fsp3) is 0.250. The van der Waals surface area contributed by atoms with Gasteiger partial charge >= 0.3 is 0 Å². The van der Waals surface area contributed by atoms with Gasteiger partial charge in [0.2, 0.25) is 0 Å². The van der Waals surface area contributed by atoms with E-state index in [2.05, 4.69) is 5.43 Å². The molecule has 1 rings (SSSR count). The van der Waals surface area contributed by atoms with Crippen molar-refractivity contribution >= 4 is 0 Å². The van der Waals surface area contributed by atoms with Gasteiger partial charge in [0, 0.05) is 17.7 Å². The largest absolute Gasteiger partial charge is 0.271 e. The van der Waals surface area contributed by atoms with E-state index < -0.39 is 23.5 Å². The van der Waals surface area contributed by atoms with Crippen molar-refractivity contribution in [1.82, 2.24) is 5.43 Å². The summed E-state index contributed by atoms with van der Waals surface area (Å²) in [6, 6.07) is 0.760. The molecule has 0 aliphatic carbocycles. The second kappa shape index (κ2) is 3.76. The molecule has 0 unspecified atom stereocenters. The van der Waals surface area contributed by atoms with Crippen molar-refractivity contribution in [3.8, 4) is 0 Å². The van der Waals surface area contributed by atoms with Gasteiger partial charge in [-0.2, -0.15) is 0 Å². The summed E-state index contributed by atoms with van der Waals surface area (Å²) in [5.41, 5.74) is 2.08. The lowest BCUT2D eigenvalue weighted by Gasteiger charge is -2.11. The Morgan fingerprint density at radius 2 is 1.92 bits per heavy atom. The number of hydrogen-bond donors (Lipinski definition) is 2. The maximum atomic E-state index is 13.0. The fourth-order valence-corrected chi connectivity index (χ4v) is 0.981. The van der Waals surface area contributed by atoms with Crippen LogP contribution in [0.1, 0.15) is 18.5 Å². The molecule has 0 radical (unpaired) electrons. The molecule has 13 heavy (non-hydrogen) atoms. The van der Waals surface area contributed by atoms with Crippen LogP contribution in [-0.2, 0) is 0 Å². The van der Waals surface area contributed by atoms with Crippen LogP contribution in [0.2, 0.25) is 0 Å². The van der Waals surface area contributed by atoms with E-state index in [1.165, 1.54) is 6.92 Å². The first-order chi connectivity index (χ1) is 6.06. The average Bonchev–Trinajstić information content (AvgIpc) is 2.10. The summed E-state index contributed by atoms with van der Waals surface area (Å²) in [5.74, 6) is 1.90. The summed E-state index contributed by atoms with van der Waals surface area (Å²) in [7, 11) is 0. The monoisotopic (exact) mass is 190 g/mol. The molecule has 0 spiro atoms. The molecule has 5 heteroatoms. The smallest absolute Gasteiger partial charge is 0.163 e. The molecule has 0 bridgehead atoms. The third-order valence-electron chi connectivity index (χ3n) is 1.74. The van der Waals surface area contributed by atoms with Crippen LogP contribution in [0.5, 0.6) is 0 Å². The van der Waals surface area contributed by atoms with E-state index in [4.69, 9.17) is 5.84 Å². The molecule has 0 aliphatic heterocycles. The fourth-order valence-electron chi connectivity index (χ4n) is 0.981. The molecule has 0 fully saturated rings. The minimum absolute atomic E-state index is 0.125. The number of hydrogen-bond acceptors (Lipinski definition) is 2. The van der Waals surface area contributed by atoms with Crippen LogP contribution in [0.25, 0.3) is 0 Å². The lowest BCUT2D eigenvalue weighted by Crippen LogP contribution is -2.26. The second-order valence-corrected chi connectivity index (χ2v) is 2.68. The number of benzene rings is 1. The van der Waals surface area contributed by atoms with Crippen LogP contribution in [0.4, 0.5) is 13.2 Å². The maximum Gasteiger partial charge on any atom is 0.163 e. The highest BCUT2D eigenvalue weighted by molar-refractivity contribution is 5.22. The van der Waals surface area contributed by atoms with E-state index in [1.807, 2.05) is 0 Å². The summed E-state index contributed by atoms with van der Waals surface area (Å²) >= 11 is 0. The number of hydrazine groups is 1. The van der Waals surface area contributed by atoms with Gasteiger partial charge in [-0.3, -0.25) is 11.3 Å². The molecule has 0 amide bonds. The Labute approximate surface area is 73.5 Å². The molecule has 3 N–H and O–H groups in total. The highest BCUT2D eigenvalue weighted by atomic mass is 19.2. The molecule has 0 aromatic heterocycles. The van der Waals surface area contributed by atoms with Gasteiger partial charge in [0.1, 0.15) is 5.82 Å². The number of rotatable bonds is 2. The highest BCUT2D eigenvalue weighted by Crippen LogP contribution is 2.19. The Morgan fingerprint density at radius 3 is 2.46 bits per heavy atom. The molecule has 2 nitrogen and oxygen atoms in total. The van der Waals surface area contributed by atoms with Crippen molar-refractivity contribution in [3.63, 3.8) is 0 Å². The van der Waals surface area contributed by atoms with Gasteiger partial charge in [-0.1, -0.05) is 0 Å². The Morgan fingerprint density at radius 1 is 1.31 bits per heavy atom. The van der Waals surface area contributed by atoms with Crippen molar-refractivity contribution in [2.75, 3.05) is 0 Å². The van der Waals surface area contributed by atoms with Crippen LogP contribution in [0, 0.1) is 17.5 Å². The van der Waals surface area contributed by atoms with Gasteiger partial charge in [0.15, 0.2) is 11.6 Å². The van der Waals surface area contributed by atoms with E-state index in [1.54, 1.807) is 0 Å². The van der Waals surface area contributed by atoms with Crippen molar-refractivity contribution in [3.05, 3.63) is 35.1 Å². The molecule has 1 atom stereocenters. The minimum Gasteiger partial charge on any atom is -0.271 e. The van der Waals surface area contributed by atoms with Crippen LogP contribution >= 0.6 is 0 Å². The van der Waals surface area contributed by atoms with Gasteiger partial charge in [0.25, 0.3) is 0 Å². The predicted octanol–water partition coefficient (Wildman–Crippen LogP) is 1.63. The molecular formula is C8H9F3N2. The zero-order chi connectivity index (χ0) is 10.0. The first-order valence-corrected chi connectivity index (χ1v) is 3.67. The molecule has 0 saturated heterocycles. The molecule has 0 aliphatic rings. The summed E-state index contributed by atoms with van der Waals surface area (Å²) in [5, 5.41) is 0. The van der Waals surface area contributed by atoms with Crippen LogP contribution in [-0.4, -0.2) is 0 Å². The molecule has 0 saturated carbocycles. The first kappa shape index (κ1) is 10.0. The Hall–Kier alpha value is -1.07. The summed E-state index contributed by atoms with van der Waals surface area (Å²) in [4.78, 5) is 0. The summed E-state index contributed by atoms with van der Waals surface area (Å²) in [6.45, 7) is 1.50. The van der Waals surface area contributed by atoms with Crippen molar-refractivity contribution < 1.29 is 13.2 Å². The topological polar surface area (TPSA) is 38.0 Å². The predicted molar refractivity (Wildman–Crippen MR) is 42.1 cm³/mol. The van der Waals surface area contributed by atoms with Gasteiger partial charge < -0.3 is 0 Å². The third-order valence-corrected chi connectivity index (χ3v) is 1.74. The minimum atomic E-state index is -1.21. The van der Waals surface area contributed by atoms with Crippen molar-refractivity contribution in [2.45, 2.75) is 13.0 Å². The van der Waals surface area contributed by atoms with Crippen LogP contribution in [0.3, 0.4) is 0 Å². The van der Waals surface area contributed by atoms with Crippen molar-refractivity contribution in [2.24, 2.45) is 5.84 Å². The van der Waals surface area contributed by atoms with Gasteiger partial charge in [-0.15, -0.1) is 0 Å². The van der Waals surface area contributed by atoms with Crippen LogP contribution in [0.15, 0.2) is 12.1 Å². The van der Waals surface area contributed by atoms with E-state index in [9.17, 15) is 13.2 Å². The van der Waals surface area contributed by atoms with E-state index in [-0.39, 0.29) is 5.56 Å². The molecule has 0 heterocycles. The highest BCUT2D eigenvalue weighted by Gasteiger charge is 2.15. The lowest BCUT2D eigenvalue weighted by atomic mass is 10.1. The first-order valence-electron chi connectivity index (χ1n) is 3.67. The van der Waals surface area contributed by atoms with Gasteiger partial charge in [-0.05, 0) is 13.0 Å². The zero-order valence-electron chi connectivity index (χ0n) is 6.94. The lowest BCUT2D eigenvalue weighted by molar-refractivity contribution is 0.464. The third kappa shape index (κ3) is 1.99. The molecule has 1 aromatic carbocycles. The quantitative estimate of drug-likeness (QED) is 0.422. The average molecular weight is 190 g/mol. The molecule has 1 aromatic rings. The van der Waals surface area contributed by atoms with E-state index >= 15 is 0 Å². The SMILES string of the molecule is C[C@@H](NN)c1cc(F)cc(F)c1F. The second-order valence-electron chi connectivity index (χ2n) is 2.68. The van der Waals surface area contributed by atoms with Crippen molar-refractivity contribution in [1.29, 1.82) is 0 Å². The zero-order valence-corrected chi connectivity index (χ0v) is 6.94. The Kier molecular flexibility index (Phi) is 2.90. The van der Waals surface area contributed by atoms with Gasteiger partial charge in [-0.25, -0.2) is 13.2 Å². The maximum absolute atomic E-state index is 13.0. The normalized spacial score (nSPS) is 13.0. The van der Waals surface area contributed by atoms with Gasteiger partial charge in [0.05, 0.1) is 0 Å². The molecular weight excluding hydrogens is 181 g/mol. The van der Waals surface area contributed by atoms with E-state index in [0.29, 0.717) is 6.07 Å².